The molecule has 5 aromatic rings. The standard InChI is InChI=1S/C20H15N7O2/c28-20(25-14-9-22-23-10-14)16-7-18(13-3-1-5-21-8-13)26-19-17(16)11-24-27(19)12-15-4-2-6-29-15/h1-11H,12H2,(H,22,23)(H,25,28). The number of carbonyl (C=O) groups excluding carboxylic acids is 1. The van der Waals surface area contributed by atoms with Gasteiger partial charge in [0.1, 0.15) is 12.3 Å². The van der Waals surface area contributed by atoms with Crippen LogP contribution in [-0.4, -0.2) is 35.9 Å². The maximum atomic E-state index is 13.0. The second kappa shape index (κ2) is 7.04. The molecule has 5 rings (SSSR count). The van der Waals surface area contributed by atoms with Gasteiger partial charge in [-0.05, 0) is 30.3 Å². The summed E-state index contributed by atoms with van der Waals surface area (Å²) in [5.74, 6) is 0.467. The Kier molecular flexibility index (Phi) is 4.10. The Hall–Kier alpha value is -4.27. The molecule has 0 fully saturated rings. The van der Waals surface area contributed by atoms with Gasteiger partial charge in [-0.1, -0.05) is 0 Å². The topological polar surface area (TPSA) is 115 Å². The van der Waals surface area contributed by atoms with Crippen molar-refractivity contribution < 1.29 is 9.21 Å². The Balaban J connectivity index is 1.64. The highest BCUT2D eigenvalue weighted by atomic mass is 16.3. The van der Waals surface area contributed by atoms with Crippen LogP contribution in [0.4, 0.5) is 5.69 Å². The molecule has 29 heavy (non-hydrogen) atoms. The third kappa shape index (κ3) is 3.25. The third-order valence-corrected chi connectivity index (χ3v) is 4.45. The van der Waals surface area contributed by atoms with Gasteiger partial charge in [0.25, 0.3) is 5.91 Å². The summed E-state index contributed by atoms with van der Waals surface area (Å²) in [5.41, 5.74) is 3.05. The lowest BCUT2D eigenvalue weighted by Crippen LogP contribution is -2.13. The van der Waals surface area contributed by atoms with Gasteiger partial charge in [-0.2, -0.15) is 10.2 Å². The van der Waals surface area contributed by atoms with Crippen molar-refractivity contribution in [2.24, 2.45) is 0 Å². The predicted molar refractivity (Wildman–Crippen MR) is 105 cm³/mol. The highest BCUT2D eigenvalue weighted by Crippen LogP contribution is 2.25. The van der Waals surface area contributed by atoms with Crippen molar-refractivity contribution in [1.29, 1.82) is 0 Å². The molecule has 0 aliphatic heterocycles. The van der Waals surface area contributed by atoms with E-state index in [2.05, 4.69) is 25.6 Å². The lowest BCUT2D eigenvalue weighted by atomic mass is 10.1. The Morgan fingerprint density at radius 3 is 2.93 bits per heavy atom. The van der Waals surface area contributed by atoms with Gasteiger partial charge < -0.3 is 9.73 Å². The number of rotatable bonds is 5. The Bertz CT molecular complexity index is 1260. The van der Waals surface area contributed by atoms with Gasteiger partial charge in [0.15, 0.2) is 5.65 Å². The van der Waals surface area contributed by atoms with E-state index in [-0.39, 0.29) is 5.91 Å². The Morgan fingerprint density at radius 1 is 1.21 bits per heavy atom. The van der Waals surface area contributed by atoms with E-state index in [1.54, 1.807) is 48.0 Å². The molecule has 142 valence electrons. The molecule has 0 saturated carbocycles. The van der Waals surface area contributed by atoms with Crippen LogP contribution in [0.3, 0.4) is 0 Å². The first kappa shape index (κ1) is 16.9. The minimum Gasteiger partial charge on any atom is -0.467 e. The second-order valence-electron chi connectivity index (χ2n) is 6.36. The highest BCUT2D eigenvalue weighted by Gasteiger charge is 2.18. The van der Waals surface area contributed by atoms with E-state index in [9.17, 15) is 4.79 Å². The smallest absolute Gasteiger partial charge is 0.256 e. The quantitative estimate of drug-likeness (QED) is 0.480. The molecular formula is C20H15N7O2. The molecule has 0 spiro atoms. The Labute approximate surface area is 164 Å². The minimum atomic E-state index is -0.276. The fourth-order valence-electron chi connectivity index (χ4n) is 3.08. The van der Waals surface area contributed by atoms with Crippen LogP contribution in [0, 0.1) is 0 Å². The maximum absolute atomic E-state index is 13.0. The van der Waals surface area contributed by atoms with Gasteiger partial charge in [-0.15, -0.1) is 0 Å². The first-order chi connectivity index (χ1) is 14.3. The van der Waals surface area contributed by atoms with E-state index in [4.69, 9.17) is 9.40 Å². The van der Waals surface area contributed by atoms with E-state index < -0.39 is 0 Å². The van der Waals surface area contributed by atoms with Crippen LogP contribution in [0.1, 0.15) is 16.1 Å². The van der Waals surface area contributed by atoms with E-state index in [1.165, 1.54) is 0 Å². The molecule has 0 aromatic carbocycles. The number of nitrogens with zero attached hydrogens (tertiary/aromatic N) is 5. The van der Waals surface area contributed by atoms with E-state index >= 15 is 0 Å². The molecule has 0 unspecified atom stereocenters. The molecule has 0 saturated heterocycles. The number of fused-ring (bicyclic) bond motifs is 1. The largest absolute Gasteiger partial charge is 0.467 e. The maximum Gasteiger partial charge on any atom is 0.256 e. The molecule has 0 bridgehead atoms. The molecule has 0 aliphatic rings. The van der Waals surface area contributed by atoms with Crippen molar-refractivity contribution in [3.8, 4) is 11.3 Å². The summed E-state index contributed by atoms with van der Waals surface area (Å²) < 4.78 is 7.14. The van der Waals surface area contributed by atoms with E-state index in [1.807, 2.05) is 24.3 Å². The van der Waals surface area contributed by atoms with Crippen LogP contribution < -0.4 is 5.32 Å². The van der Waals surface area contributed by atoms with Crippen molar-refractivity contribution in [2.45, 2.75) is 6.54 Å². The summed E-state index contributed by atoms with van der Waals surface area (Å²) in [6.07, 6.45) is 9.80. The number of furan rings is 1. The van der Waals surface area contributed by atoms with Gasteiger partial charge >= 0.3 is 0 Å². The van der Waals surface area contributed by atoms with Crippen molar-refractivity contribution in [3.05, 3.63) is 78.9 Å². The number of hydrogen-bond acceptors (Lipinski definition) is 6. The first-order valence-corrected chi connectivity index (χ1v) is 8.87. The van der Waals surface area contributed by atoms with Gasteiger partial charge in [0.2, 0.25) is 0 Å². The van der Waals surface area contributed by atoms with Gasteiger partial charge in [0, 0.05) is 24.2 Å². The lowest BCUT2D eigenvalue weighted by molar-refractivity contribution is 0.102. The molecule has 1 amide bonds. The zero-order valence-corrected chi connectivity index (χ0v) is 15.1. The summed E-state index contributed by atoms with van der Waals surface area (Å²) in [5, 5.41) is 14.4. The van der Waals surface area contributed by atoms with E-state index in [0.29, 0.717) is 34.5 Å². The zero-order valence-electron chi connectivity index (χ0n) is 15.1. The SMILES string of the molecule is O=C(Nc1cn[nH]c1)c1cc(-c2cccnc2)nc2c1cnn2Cc1ccco1. The number of aromatic amines is 1. The summed E-state index contributed by atoms with van der Waals surface area (Å²) in [7, 11) is 0. The number of pyridine rings is 2. The summed E-state index contributed by atoms with van der Waals surface area (Å²) in [6.45, 7) is 0.406. The van der Waals surface area contributed by atoms with Gasteiger partial charge in [0.05, 0.1) is 41.0 Å². The van der Waals surface area contributed by atoms with Crippen LogP contribution in [0.25, 0.3) is 22.3 Å². The summed E-state index contributed by atoms with van der Waals surface area (Å²) in [6, 6.07) is 9.15. The normalized spacial score (nSPS) is 11.0. The van der Waals surface area contributed by atoms with Crippen molar-refractivity contribution >= 4 is 22.6 Å². The summed E-state index contributed by atoms with van der Waals surface area (Å²) >= 11 is 0. The van der Waals surface area contributed by atoms with Gasteiger partial charge in [-0.3, -0.25) is 14.9 Å². The second-order valence-corrected chi connectivity index (χ2v) is 6.36. The summed E-state index contributed by atoms with van der Waals surface area (Å²) in [4.78, 5) is 21.9. The number of carbonyl (C=O) groups is 1. The number of hydrogen-bond donors (Lipinski definition) is 2. The fraction of sp³-hybridized carbons (Fsp3) is 0.0500. The van der Waals surface area contributed by atoms with Crippen LogP contribution in [0.15, 0.2) is 72.0 Å². The van der Waals surface area contributed by atoms with Crippen LogP contribution in [0.2, 0.25) is 0 Å². The minimum absolute atomic E-state index is 0.276. The van der Waals surface area contributed by atoms with Crippen molar-refractivity contribution in [2.75, 3.05) is 5.32 Å². The average molecular weight is 385 g/mol. The Morgan fingerprint density at radius 2 is 2.17 bits per heavy atom. The lowest BCUT2D eigenvalue weighted by Gasteiger charge is -2.08. The molecular weight excluding hydrogens is 370 g/mol. The average Bonchev–Trinajstić information content (AvgIpc) is 3.51. The number of amides is 1. The van der Waals surface area contributed by atoms with Crippen molar-refractivity contribution in [3.63, 3.8) is 0 Å². The third-order valence-electron chi connectivity index (χ3n) is 4.45. The number of aromatic nitrogens is 6. The molecule has 0 atom stereocenters. The monoisotopic (exact) mass is 385 g/mol. The predicted octanol–water partition coefficient (Wildman–Crippen LogP) is 3.11. The molecule has 5 heterocycles. The molecule has 9 nitrogen and oxygen atoms in total. The molecule has 5 aromatic heterocycles. The zero-order chi connectivity index (χ0) is 19.6. The number of anilines is 1. The molecule has 0 aliphatic carbocycles. The molecule has 9 heteroatoms. The highest BCUT2D eigenvalue weighted by molar-refractivity contribution is 6.12. The number of H-pyrrole nitrogens is 1. The van der Waals surface area contributed by atoms with Gasteiger partial charge in [-0.25, -0.2) is 9.67 Å². The van der Waals surface area contributed by atoms with E-state index in [0.717, 1.165) is 11.3 Å². The van der Waals surface area contributed by atoms with Crippen LogP contribution in [-0.2, 0) is 6.54 Å². The molecule has 2 N–H and O–H groups in total. The van der Waals surface area contributed by atoms with Crippen molar-refractivity contribution in [1.82, 2.24) is 29.9 Å². The fourth-order valence-corrected chi connectivity index (χ4v) is 3.08. The number of nitrogens with one attached hydrogen (secondary N) is 2. The molecule has 0 radical (unpaired) electrons. The van der Waals surface area contributed by atoms with Crippen LogP contribution >= 0.6 is 0 Å². The van der Waals surface area contributed by atoms with Crippen LogP contribution in [0.5, 0.6) is 0 Å². The first-order valence-electron chi connectivity index (χ1n) is 8.87.